The number of azo groups is 1. The van der Waals surface area contributed by atoms with E-state index in [9.17, 15) is 20.1 Å². The molecule has 3 aromatic carbocycles. The van der Waals surface area contributed by atoms with Gasteiger partial charge in [0.25, 0.3) is 0 Å². The van der Waals surface area contributed by atoms with E-state index in [4.69, 9.17) is 0 Å². The number of aromatic carboxylic acids is 1. The first-order valence-corrected chi connectivity index (χ1v) is 8.83. The van der Waals surface area contributed by atoms with Gasteiger partial charge in [0.2, 0.25) is 5.88 Å². The summed E-state index contributed by atoms with van der Waals surface area (Å²) >= 11 is 0. The quantitative estimate of drug-likeness (QED) is 0.337. The molecule has 0 bridgehead atoms. The summed E-state index contributed by atoms with van der Waals surface area (Å²) in [5, 5.41) is 38.9. The number of aromatic hydroxyl groups is 2. The van der Waals surface area contributed by atoms with E-state index in [1.54, 1.807) is 30.3 Å². The molecule has 7 nitrogen and oxygen atoms in total. The van der Waals surface area contributed by atoms with E-state index >= 15 is 0 Å². The first kappa shape index (κ1) is 18.2. The number of fused-ring (bicyclic) bond motifs is 1. The van der Waals surface area contributed by atoms with Crippen LogP contribution >= 0.6 is 0 Å². The fourth-order valence-corrected chi connectivity index (χ4v) is 3.15. The maximum absolute atomic E-state index is 11.2. The number of rotatable bonds is 4. The van der Waals surface area contributed by atoms with E-state index in [1.807, 2.05) is 25.1 Å². The van der Waals surface area contributed by atoms with Crippen molar-refractivity contribution in [3.63, 3.8) is 0 Å². The molecule has 4 aromatic rings. The number of carboxylic acid groups (broad SMARTS) is 1. The molecule has 0 unspecified atom stereocenters. The van der Waals surface area contributed by atoms with Gasteiger partial charge in [-0.1, -0.05) is 36.4 Å². The maximum Gasteiger partial charge on any atom is 0.335 e. The molecule has 0 saturated carbocycles. The third-order valence-electron chi connectivity index (χ3n) is 4.60. The number of phenols is 1. The molecule has 0 amide bonds. The maximum atomic E-state index is 11.2. The van der Waals surface area contributed by atoms with Crippen molar-refractivity contribution in [2.45, 2.75) is 6.92 Å². The van der Waals surface area contributed by atoms with Crippen LogP contribution in [-0.2, 0) is 0 Å². The summed E-state index contributed by atoms with van der Waals surface area (Å²) in [7, 11) is 0. The lowest BCUT2D eigenvalue weighted by molar-refractivity contribution is 0.0697. The van der Waals surface area contributed by atoms with Gasteiger partial charge in [-0.3, -0.25) is 0 Å². The van der Waals surface area contributed by atoms with E-state index in [0.29, 0.717) is 16.5 Å². The average Bonchev–Trinajstić information content (AvgIpc) is 3.01. The van der Waals surface area contributed by atoms with Gasteiger partial charge in [0.05, 0.1) is 11.1 Å². The minimum absolute atomic E-state index is 0.112. The lowest BCUT2D eigenvalue weighted by atomic mass is 10.0. The van der Waals surface area contributed by atoms with Crippen LogP contribution in [-0.4, -0.2) is 26.3 Å². The Morgan fingerprint density at radius 2 is 1.76 bits per heavy atom. The molecule has 0 atom stereocenters. The van der Waals surface area contributed by atoms with Crippen LogP contribution in [0.2, 0.25) is 0 Å². The summed E-state index contributed by atoms with van der Waals surface area (Å²) in [4.78, 5) is 14.1. The summed E-state index contributed by atoms with van der Waals surface area (Å²) in [6, 6.07) is 16.8. The van der Waals surface area contributed by atoms with Crippen molar-refractivity contribution in [2.24, 2.45) is 10.2 Å². The fraction of sp³-hybridized carbons (Fsp3) is 0.0455. The van der Waals surface area contributed by atoms with E-state index < -0.39 is 5.97 Å². The number of nitrogens with one attached hydrogen (secondary N) is 1. The van der Waals surface area contributed by atoms with E-state index in [1.165, 1.54) is 12.1 Å². The van der Waals surface area contributed by atoms with Gasteiger partial charge in [-0.2, -0.15) is 0 Å². The first-order valence-electron chi connectivity index (χ1n) is 8.83. The minimum atomic E-state index is -1.05. The van der Waals surface area contributed by atoms with E-state index in [0.717, 1.165) is 11.1 Å². The van der Waals surface area contributed by atoms with E-state index in [-0.39, 0.29) is 28.6 Å². The van der Waals surface area contributed by atoms with Gasteiger partial charge < -0.3 is 20.3 Å². The molecule has 1 aromatic heterocycles. The number of benzene rings is 3. The molecule has 0 aliphatic carbocycles. The second kappa shape index (κ2) is 7.12. The predicted octanol–water partition coefficient (Wildman–Crippen LogP) is 5.67. The summed E-state index contributed by atoms with van der Waals surface area (Å²) in [5.74, 6) is -1.29. The smallest absolute Gasteiger partial charge is 0.335 e. The zero-order chi connectivity index (χ0) is 20.5. The molecule has 29 heavy (non-hydrogen) atoms. The van der Waals surface area contributed by atoms with Gasteiger partial charge in [-0.05, 0) is 42.3 Å². The van der Waals surface area contributed by atoms with Crippen LogP contribution in [0.25, 0.3) is 22.0 Å². The Hall–Kier alpha value is -4.13. The molecule has 4 N–H and O–H groups in total. The van der Waals surface area contributed by atoms with Crippen LogP contribution in [0.4, 0.5) is 11.4 Å². The second-order valence-corrected chi connectivity index (χ2v) is 6.63. The van der Waals surface area contributed by atoms with Crippen LogP contribution in [0.3, 0.4) is 0 Å². The molecule has 7 heteroatoms. The lowest BCUT2D eigenvalue weighted by Gasteiger charge is -2.07. The number of carboxylic acids is 1. The van der Waals surface area contributed by atoms with Crippen LogP contribution in [0.15, 0.2) is 70.9 Å². The Balaban J connectivity index is 1.74. The number of hydrogen-bond donors (Lipinski definition) is 4. The number of hydrogen-bond acceptors (Lipinski definition) is 5. The van der Waals surface area contributed by atoms with Crippen molar-refractivity contribution >= 4 is 28.2 Å². The highest BCUT2D eigenvalue weighted by Gasteiger charge is 2.13. The SMILES string of the molecule is Cc1ccc2c(N=Nc3cccc(-c4cccc(C(=O)O)c4)c3O)c(O)[nH]c2c1. The van der Waals surface area contributed by atoms with Crippen molar-refractivity contribution in [3.05, 3.63) is 71.8 Å². The summed E-state index contributed by atoms with van der Waals surface area (Å²) in [6.07, 6.45) is 0. The van der Waals surface area contributed by atoms with Crippen LogP contribution in [0.1, 0.15) is 15.9 Å². The summed E-state index contributed by atoms with van der Waals surface area (Å²) < 4.78 is 0. The Labute approximate surface area is 165 Å². The number of nitrogens with zero attached hydrogens (tertiary/aromatic N) is 2. The zero-order valence-corrected chi connectivity index (χ0v) is 15.4. The Kier molecular flexibility index (Phi) is 4.48. The first-order chi connectivity index (χ1) is 13.9. The van der Waals surface area contributed by atoms with Gasteiger partial charge in [0.15, 0.2) is 11.4 Å². The largest absolute Gasteiger partial charge is 0.505 e. The molecule has 0 saturated heterocycles. The monoisotopic (exact) mass is 387 g/mol. The molecule has 0 aliphatic heterocycles. The van der Waals surface area contributed by atoms with Crippen LogP contribution in [0, 0.1) is 6.92 Å². The second-order valence-electron chi connectivity index (χ2n) is 6.63. The number of aromatic amines is 1. The Morgan fingerprint density at radius 1 is 0.966 bits per heavy atom. The molecule has 0 spiro atoms. The standard InChI is InChI=1S/C22H17N3O4/c1-12-8-9-16-18(10-12)23-21(27)19(16)25-24-17-7-3-6-15(20(17)26)13-4-2-5-14(11-13)22(28)29/h2-11,23,26-27H,1H3,(H,28,29). The average molecular weight is 387 g/mol. The van der Waals surface area contributed by atoms with E-state index in [2.05, 4.69) is 15.2 Å². The molecule has 0 radical (unpaired) electrons. The molecule has 0 aliphatic rings. The third kappa shape index (κ3) is 3.41. The van der Waals surface area contributed by atoms with Gasteiger partial charge in [-0.25, -0.2) is 4.79 Å². The Bertz CT molecular complexity index is 1270. The van der Waals surface area contributed by atoms with Crippen molar-refractivity contribution in [3.8, 4) is 22.8 Å². The number of carbonyl (C=O) groups is 1. The minimum Gasteiger partial charge on any atom is -0.505 e. The molecular weight excluding hydrogens is 370 g/mol. The van der Waals surface area contributed by atoms with Gasteiger partial charge in [-0.15, -0.1) is 10.2 Å². The van der Waals surface area contributed by atoms with Gasteiger partial charge >= 0.3 is 5.97 Å². The normalized spacial score (nSPS) is 11.3. The van der Waals surface area contributed by atoms with Crippen LogP contribution in [0.5, 0.6) is 11.6 Å². The summed E-state index contributed by atoms with van der Waals surface area (Å²) in [5.41, 5.74) is 3.35. The van der Waals surface area contributed by atoms with Gasteiger partial charge in [0.1, 0.15) is 5.69 Å². The highest BCUT2D eigenvalue weighted by Crippen LogP contribution is 2.40. The van der Waals surface area contributed by atoms with Crippen LogP contribution < -0.4 is 0 Å². The number of aryl methyl sites for hydroxylation is 1. The fourth-order valence-electron chi connectivity index (χ4n) is 3.15. The van der Waals surface area contributed by atoms with Crippen molar-refractivity contribution in [2.75, 3.05) is 0 Å². The highest BCUT2D eigenvalue weighted by molar-refractivity contribution is 5.94. The highest BCUT2D eigenvalue weighted by atomic mass is 16.4. The predicted molar refractivity (Wildman–Crippen MR) is 109 cm³/mol. The topological polar surface area (TPSA) is 118 Å². The summed E-state index contributed by atoms with van der Waals surface area (Å²) in [6.45, 7) is 1.95. The molecule has 1 heterocycles. The molecular formula is C22H17N3O4. The number of phenolic OH excluding ortho intramolecular Hbond substituents is 1. The lowest BCUT2D eigenvalue weighted by Crippen LogP contribution is -1.95. The molecule has 144 valence electrons. The molecule has 0 fully saturated rings. The van der Waals surface area contributed by atoms with Crippen molar-refractivity contribution in [1.82, 2.24) is 4.98 Å². The molecule has 4 rings (SSSR count). The zero-order valence-electron chi connectivity index (χ0n) is 15.4. The number of para-hydroxylation sites is 1. The third-order valence-corrected chi connectivity index (χ3v) is 4.60. The van der Waals surface area contributed by atoms with Gasteiger partial charge in [0, 0.05) is 10.9 Å². The number of H-pyrrole nitrogens is 1. The van der Waals surface area contributed by atoms with Crippen molar-refractivity contribution in [1.29, 1.82) is 0 Å². The number of aromatic nitrogens is 1. The van der Waals surface area contributed by atoms with Crippen molar-refractivity contribution < 1.29 is 20.1 Å². The Morgan fingerprint density at radius 3 is 2.55 bits per heavy atom.